The van der Waals surface area contributed by atoms with Crippen molar-refractivity contribution in [1.29, 1.82) is 0 Å². The van der Waals surface area contributed by atoms with E-state index in [0.717, 1.165) is 56.1 Å². The van der Waals surface area contributed by atoms with Crippen molar-refractivity contribution < 1.29 is 4.52 Å². The molecule has 8 nitrogen and oxygen atoms in total. The molecule has 8 heteroatoms. The lowest BCUT2D eigenvalue weighted by Gasteiger charge is -2.36. The quantitative estimate of drug-likeness (QED) is 0.635. The van der Waals surface area contributed by atoms with Crippen LogP contribution < -0.4 is 10.2 Å². The number of aryl methyl sites for hydroxylation is 2. The number of piperazine rings is 1. The summed E-state index contributed by atoms with van der Waals surface area (Å²) in [4.78, 5) is 18.1. The van der Waals surface area contributed by atoms with E-state index in [1.165, 1.54) is 5.56 Å². The summed E-state index contributed by atoms with van der Waals surface area (Å²) >= 11 is 0. The fourth-order valence-corrected chi connectivity index (χ4v) is 3.51. The number of hydrogen-bond donors (Lipinski definition) is 1. The number of anilines is 1. The van der Waals surface area contributed by atoms with Gasteiger partial charge in [0.2, 0.25) is 5.95 Å². The molecule has 0 amide bonds. The Hall–Kier alpha value is -2.64. The lowest BCUT2D eigenvalue weighted by atomic mass is 10.00. The van der Waals surface area contributed by atoms with Crippen LogP contribution in [0.1, 0.15) is 36.8 Å². The van der Waals surface area contributed by atoms with E-state index in [0.29, 0.717) is 6.54 Å². The minimum Gasteiger partial charge on any atom is -0.361 e. The number of nitrogens with zero attached hydrogens (tertiary/aromatic N) is 6. The molecule has 1 N–H and O–H groups in total. The molecule has 1 aliphatic rings. The first-order chi connectivity index (χ1) is 13.1. The van der Waals surface area contributed by atoms with Crippen LogP contribution in [0.4, 0.5) is 5.95 Å². The van der Waals surface area contributed by atoms with Crippen LogP contribution in [0.15, 0.2) is 28.0 Å². The zero-order valence-electron chi connectivity index (χ0n) is 16.6. The molecule has 0 aromatic carbocycles. The van der Waals surface area contributed by atoms with Gasteiger partial charge in [-0.25, -0.2) is 9.97 Å². The highest BCUT2D eigenvalue weighted by atomic mass is 16.5. The standard InChI is InChI=1S/C19H29N7O/c1-5-20-18(23-13-14(2)17-15(3)24-27-16(17)4)25-9-11-26(12-10-25)19-21-7-6-8-22-19/h6-8,14H,5,9-13H2,1-4H3,(H,20,23). The van der Waals surface area contributed by atoms with Crippen molar-refractivity contribution in [1.82, 2.24) is 25.3 Å². The van der Waals surface area contributed by atoms with Crippen LogP contribution >= 0.6 is 0 Å². The minimum atomic E-state index is 0.268. The number of nitrogens with one attached hydrogen (secondary N) is 1. The van der Waals surface area contributed by atoms with Gasteiger partial charge in [-0.05, 0) is 26.8 Å². The van der Waals surface area contributed by atoms with Crippen LogP contribution in [-0.2, 0) is 0 Å². The molecule has 1 atom stereocenters. The van der Waals surface area contributed by atoms with Gasteiger partial charge in [-0.15, -0.1) is 0 Å². The maximum Gasteiger partial charge on any atom is 0.225 e. The first-order valence-electron chi connectivity index (χ1n) is 9.58. The first-order valence-corrected chi connectivity index (χ1v) is 9.58. The van der Waals surface area contributed by atoms with Crippen LogP contribution in [0.2, 0.25) is 0 Å². The second kappa shape index (κ2) is 8.83. The molecular formula is C19H29N7O. The molecule has 146 valence electrons. The minimum absolute atomic E-state index is 0.268. The maximum absolute atomic E-state index is 5.30. The monoisotopic (exact) mass is 371 g/mol. The average Bonchev–Trinajstić information content (AvgIpc) is 3.04. The maximum atomic E-state index is 5.30. The summed E-state index contributed by atoms with van der Waals surface area (Å²) in [6, 6.07) is 1.84. The summed E-state index contributed by atoms with van der Waals surface area (Å²) in [6.07, 6.45) is 3.58. The Balaban J connectivity index is 1.63. The van der Waals surface area contributed by atoms with Crippen LogP contribution in [0.5, 0.6) is 0 Å². The molecule has 27 heavy (non-hydrogen) atoms. The van der Waals surface area contributed by atoms with Gasteiger partial charge in [0.15, 0.2) is 5.96 Å². The SMILES string of the molecule is CCNC(=NCC(C)c1c(C)noc1C)N1CCN(c2ncccn2)CC1. The third kappa shape index (κ3) is 4.56. The summed E-state index contributed by atoms with van der Waals surface area (Å²) in [5.41, 5.74) is 2.12. The van der Waals surface area contributed by atoms with E-state index in [-0.39, 0.29) is 5.92 Å². The van der Waals surface area contributed by atoms with E-state index in [4.69, 9.17) is 9.52 Å². The van der Waals surface area contributed by atoms with Gasteiger partial charge >= 0.3 is 0 Å². The lowest BCUT2D eigenvalue weighted by Crippen LogP contribution is -2.53. The Labute approximate surface area is 160 Å². The Kier molecular flexibility index (Phi) is 6.26. The van der Waals surface area contributed by atoms with Crippen molar-refractivity contribution in [3.63, 3.8) is 0 Å². The van der Waals surface area contributed by atoms with Crippen LogP contribution in [0.3, 0.4) is 0 Å². The van der Waals surface area contributed by atoms with Crippen molar-refractivity contribution in [3.05, 3.63) is 35.5 Å². The third-order valence-electron chi connectivity index (χ3n) is 4.85. The molecule has 0 aliphatic carbocycles. The predicted molar refractivity (Wildman–Crippen MR) is 106 cm³/mol. The van der Waals surface area contributed by atoms with Crippen molar-refractivity contribution in [2.24, 2.45) is 4.99 Å². The molecule has 0 radical (unpaired) electrons. The number of hydrogen-bond acceptors (Lipinski definition) is 6. The topological polar surface area (TPSA) is 82.7 Å². The highest BCUT2D eigenvalue weighted by Crippen LogP contribution is 2.23. The van der Waals surface area contributed by atoms with Gasteiger partial charge < -0.3 is 19.6 Å². The van der Waals surface area contributed by atoms with Gasteiger partial charge in [0, 0.05) is 63.1 Å². The van der Waals surface area contributed by atoms with E-state index in [2.05, 4.69) is 44.1 Å². The second-order valence-electron chi connectivity index (χ2n) is 6.86. The summed E-state index contributed by atoms with van der Waals surface area (Å²) < 4.78 is 5.30. The van der Waals surface area contributed by atoms with E-state index in [1.54, 1.807) is 12.4 Å². The Morgan fingerprint density at radius 2 is 1.93 bits per heavy atom. The van der Waals surface area contributed by atoms with Crippen LogP contribution in [0, 0.1) is 13.8 Å². The van der Waals surface area contributed by atoms with Crippen molar-refractivity contribution in [3.8, 4) is 0 Å². The normalized spacial score (nSPS) is 16.5. The van der Waals surface area contributed by atoms with E-state index in [1.807, 2.05) is 19.9 Å². The molecule has 3 rings (SSSR count). The molecule has 1 saturated heterocycles. The molecule has 1 unspecified atom stereocenters. The molecule has 3 heterocycles. The van der Waals surface area contributed by atoms with Gasteiger partial charge in [0.05, 0.1) is 5.69 Å². The Morgan fingerprint density at radius 3 is 2.52 bits per heavy atom. The van der Waals surface area contributed by atoms with Gasteiger partial charge in [0.25, 0.3) is 0 Å². The van der Waals surface area contributed by atoms with Crippen LogP contribution in [0.25, 0.3) is 0 Å². The van der Waals surface area contributed by atoms with Gasteiger partial charge in [0.1, 0.15) is 5.76 Å². The zero-order valence-corrected chi connectivity index (χ0v) is 16.6. The largest absolute Gasteiger partial charge is 0.361 e. The smallest absolute Gasteiger partial charge is 0.225 e. The fraction of sp³-hybridized carbons (Fsp3) is 0.579. The highest BCUT2D eigenvalue weighted by molar-refractivity contribution is 5.80. The van der Waals surface area contributed by atoms with Crippen LogP contribution in [-0.4, -0.2) is 65.3 Å². The number of aromatic nitrogens is 3. The predicted octanol–water partition coefficient (Wildman–Crippen LogP) is 1.97. The van der Waals surface area contributed by atoms with Gasteiger partial charge in [-0.3, -0.25) is 4.99 Å². The molecule has 1 fully saturated rings. The van der Waals surface area contributed by atoms with E-state index in [9.17, 15) is 0 Å². The number of rotatable bonds is 5. The molecule has 2 aromatic heterocycles. The third-order valence-corrected chi connectivity index (χ3v) is 4.85. The van der Waals surface area contributed by atoms with Crippen molar-refractivity contribution >= 4 is 11.9 Å². The molecule has 2 aromatic rings. The van der Waals surface area contributed by atoms with Gasteiger partial charge in [-0.1, -0.05) is 12.1 Å². The zero-order chi connectivity index (χ0) is 19.2. The molecule has 0 saturated carbocycles. The molecule has 0 bridgehead atoms. The summed E-state index contributed by atoms with van der Waals surface area (Å²) in [5.74, 6) is 2.91. The first kappa shape index (κ1) is 19.1. The van der Waals surface area contributed by atoms with E-state index >= 15 is 0 Å². The molecule has 1 aliphatic heterocycles. The molecular weight excluding hydrogens is 342 g/mol. The lowest BCUT2D eigenvalue weighted by molar-refractivity contribution is 0.369. The van der Waals surface area contributed by atoms with Crippen molar-refractivity contribution in [2.75, 3.05) is 44.2 Å². The number of aliphatic imine (C=N–C) groups is 1. The number of guanidine groups is 1. The van der Waals surface area contributed by atoms with E-state index < -0.39 is 0 Å². The summed E-state index contributed by atoms with van der Waals surface area (Å²) in [7, 11) is 0. The van der Waals surface area contributed by atoms with Crippen molar-refractivity contribution in [2.45, 2.75) is 33.6 Å². The average molecular weight is 371 g/mol. The summed E-state index contributed by atoms with van der Waals surface area (Å²) in [5, 5.41) is 7.48. The fourth-order valence-electron chi connectivity index (χ4n) is 3.51. The van der Waals surface area contributed by atoms with Gasteiger partial charge in [-0.2, -0.15) is 0 Å². The Bertz CT molecular complexity index is 731. The highest BCUT2D eigenvalue weighted by Gasteiger charge is 2.22. The summed E-state index contributed by atoms with van der Waals surface area (Å²) in [6.45, 7) is 13.3. The Morgan fingerprint density at radius 1 is 1.22 bits per heavy atom. The molecule has 0 spiro atoms. The second-order valence-corrected chi connectivity index (χ2v) is 6.86.